The van der Waals surface area contributed by atoms with Crippen molar-refractivity contribution in [3.8, 4) is 0 Å². The fourth-order valence-corrected chi connectivity index (χ4v) is 4.54. The molecule has 0 aromatic heterocycles. The van der Waals surface area contributed by atoms with Crippen LogP contribution >= 0.6 is 0 Å². The minimum Gasteiger partial charge on any atom is -0.315 e. The predicted molar refractivity (Wildman–Crippen MR) is 92.1 cm³/mol. The van der Waals surface area contributed by atoms with Crippen molar-refractivity contribution in [3.05, 3.63) is 0 Å². The van der Waals surface area contributed by atoms with Gasteiger partial charge in [0, 0.05) is 18.6 Å². The molecule has 0 spiro atoms. The van der Waals surface area contributed by atoms with Crippen molar-refractivity contribution in [2.45, 2.75) is 79.3 Å². The zero-order valence-corrected chi connectivity index (χ0v) is 15.7. The van der Waals surface area contributed by atoms with Gasteiger partial charge in [0.15, 0.2) is 0 Å². The van der Waals surface area contributed by atoms with E-state index in [4.69, 9.17) is 0 Å². The molecule has 0 atom stereocenters. The summed E-state index contributed by atoms with van der Waals surface area (Å²) >= 11 is 0. The maximum atomic E-state index is 12.6. The number of sulfonamides is 1. The Hall–Kier alpha value is -0.130. The molecule has 0 radical (unpaired) electrons. The van der Waals surface area contributed by atoms with E-state index in [1.54, 1.807) is 4.31 Å². The van der Waals surface area contributed by atoms with E-state index in [0.29, 0.717) is 18.5 Å². The van der Waals surface area contributed by atoms with E-state index in [1.807, 2.05) is 0 Å². The fourth-order valence-electron chi connectivity index (χ4n) is 2.46. The Morgan fingerprint density at radius 3 is 2.00 bits per heavy atom. The van der Waals surface area contributed by atoms with Gasteiger partial charge in [0.25, 0.3) is 0 Å². The van der Waals surface area contributed by atoms with E-state index < -0.39 is 10.0 Å². The Kier molecular flexibility index (Phi) is 10.5. The van der Waals surface area contributed by atoms with Crippen LogP contribution in [0.2, 0.25) is 0 Å². The highest BCUT2D eigenvalue weighted by Gasteiger charge is 2.27. The number of rotatable bonds is 12. The second-order valence-corrected chi connectivity index (χ2v) is 8.61. The molecule has 5 heteroatoms. The van der Waals surface area contributed by atoms with Crippen LogP contribution in [0.1, 0.15) is 67.2 Å². The van der Waals surface area contributed by atoms with Crippen molar-refractivity contribution in [1.82, 2.24) is 9.62 Å². The van der Waals surface area contributed by atoms with Crippen LogP contribution in [0.4, 0.5) is 0 Å². The maximum Gasteiger partial charge on any atom is 0.214 e. The highest BCUT2D eigenvalue weighted by atomic mass is 32.2. The Balaban J connectivity index is 4.56. The largest absolute Gasteiger partial charge is 0.315 e. The average Bonchev–Trinajstić information content (AvgIpc) is 2.37. The van der Waals surface area contributed by atoms with Crippen LogP contribution in [-0.2, 0) is 10.0 Å². The zero-order chi connectivity index (χ0) is 16.5. The van der Waals surface area contributed by atoms with E-state index >= 15 is 0 Å². The minimum atomic E-state index is -3.14. The highest BCUT2D eigenvalue weighted by molar-refractivity contribution is 7.89. The van der Waals surface area contributed by atoms with E-state index in [-0.39, 0.29) is 11.8 Å². The lowest BCUT2D eigenvalue weighted by molar-refractivity contribution is 0.276. The Morgan fingerprint density at radius 2 is 1.57 bits per heavy atom. The summed E-state index contributed by atoms with van der Waals surface area (Å²) in [4.78, 5) is 0. The van der Waals surface area contributed by atoms with Crippen molar-refractivity contribution >= 4 is 10.0 Å². The quantitative estimate of drug-likeness (QED) is 0.562. The first kappa shape index (κ1) is 20.9. The summed E-state index contributed by atoms with van der Waals surface area (Å²) in [6, 6.07) is 0.606. The first-order valence-electron chi connectivity index (χ1n) is 8.47. The van der Waals surface area contributed by atoms with Crippen molar-refractivity contribution in [2.24, 2.45) is 5.92 Å². The molecular formula is C16H36N2O2S. The van der Waals surface area contributed by atoms with Gasteiger partial charge in [0.05, 0.1) is 5.75 Å². The normalized spacial score (nSPS) is 13.0. The average molecular weight is 321 g/mol. The van der Waals surface area contributed by atoms with Gasteiger partial charge in [0.2, 0.25) is 10.0 Å². The summed E-state index contributed by atoms with van der Waals surface area (Å²) < 4.78 is 27.0. The molecule has 21 heavy (non-hydrogen) atoms. The third kappa shape index (κ3) is 8.79. The van der Waals surface area contributed by atoms with Crippen LogP contribution in [0, 0.1) is 5.92 Å². The van der Waals surface area contributed by atoms with Crippen LogP contribution in [0.15, 0.2) is 0 Å². The number of nitrogens with one attached hydrogen (secondary N) is 1. The van der Waals surface area contributed by atoms with Crippen molar-refractivity contribution < 1.29 is 8.42 Å². The lowest BCUT2D eigenvalue weighted by atomic mass is 10.1. The van der Waals surface area contributed by atoms with Crippen molar-refractivity contribution in [1.29, 1.82) is 0 Å². The molecule has 4 nitrogen and oxygen atoms in total. The van der Waals surface area contributed by atoms with Crippen LogP contribution in [0.25, 0.3) is 0 Å². The smallest absolute Gasteiger partial charge is 0.214 e. The molecular weight excluding hydrogens is 284 g/mol. The third-order valence-electron chi connectivity index (χ3n) is 3.63. The third-order valence-corrected chi connectivity index (χ3v) is 5.60. The van der Waals surface area contributed by atoms with Gasteiger partial charge in [-0.15, -0.1) is 0 Å². The Bertz CT molecular complexity index is 349. The molecule has 1 N–H and O–H groups in total. The summed E-state index contributed by atoms with van der Waals surface area (Å²) in [5.41, 5.74) is 0. The molecule has 0 aromatic carbocycles. The van der Waals surface area contributed by atoms with Gasteiger partial charge in [-0.05, 0) is 38.1 Å². The van der Waals surface area contributed by atoms with Gasteiger partial charge in [-0.1, -0.05) is 41.5 Å². The minimum absolute atomic E-state index is 0.145. The number of hydrogen-bond acceptors (Lipinski definition) is 3. The van der Waals surface area contributed by atoms with Gasteiger partial charge >= 0.3 is 0 Å². The molecule has 0 saturated carbocycles. The van der Waals surface area contributed by atoms with Gasteiger partial charge < -0.3 is 5.32 Å². The van der Waals surface area contributed by atoms with E-state index in [1.165, 1.54) is 0 Å². The van der Waals surface area contributed by atoms with Crippen LogP contribution in [-0.4, -0.2) is 43.6 Å². The van der Waals surface area contributed by atoms with Crippen LogP contribution in [0.5, 0.6) is 0 Å². The monoisotopic (exact) mass is 320 g/mol. The summed E-state index contributed by atoms with van der Waals surface area (Å²) in [5, 5.41) is 3.33. The second kappa shape index (κ2) is 10.6. The molecule has 0 heterocycles. The molecule has 0 bridgehead atoms. The molecule has 0 amide bonds. The summed E-state index contributed by atoms with van der Waals surface area (Å²) in [6.07, 6.45) is 3.42. The lowest BCUT2D eigenvalue weighted by Crippen LogP contribution is -2.43. The summed E-state index contributed by atoms with van der Waals surface area (Å²) in [6.45, 7) is 14.0. The predicted octanol–water partition coefficient (Wildman–Crippen LogP) is 3.24. The molecule has 128 valence electrons. The van der Waals surface area contributed by atoms with Crippen molar-refractivity contribution in [2.75, 3.05) is 18.8 Å². The standard InChI is InChI=1S/C16H36N2O2S/c1-7-16(8-2)18(13-14(3)4)21(19,20)12-10-9-11-17-15(5)6/h14-17H,7-13H2,1-6H3. The second-order valence-electron chi connectivity index (χ2n) is 6.57. The summed E-state index contributed by atoms with van der Waals surface area (Å²) in [7, 11) is -3.14. The van der Waals surface area contributed by atoms with Gasteiger partial charge in [-0.25, -0.2) is 8.42 Å². The Labute approximate surface area is 132 Å². The molecule has 0 fully saturated rings. The van der Waals surface area contributed by atoms with Gasteiger partial charge in [-0.2, -0.15) is 4.31 Å². The molecule has 0 aliphatic heterocycles. The zero-order valence-electron chi connectivity index (χ0n) is 14.9. The van der Waals surface area contributed by atoms with E-state index in [9.17, 15) is 8.42 Å². The molecule has 0 aliphatic rings. The van der Waals surface area contributed by atoms with Crippen LogP contribution < -0.4 is 5.32 Å². The molecule has 0 aromatic rings. The molecule has 0 saturated heterocycles. The summed E-state index contributed by atoms with van der Waals surface area (Å²) in [5.74, 6) is 0.638. The lowest BCUT2D eigenvalue weighted by Gasteiger charge is -2.31. The van der Waals surface area contributed by atoms with Gasteiger partial charge in [0.1, 0.15) is 0 Å². The number of nitrogens with zero attached hydrogens (tertiary/aromatic N) is 1. The van der Waals surface area contributed by atoms with Crippen molar-refractivity contribution in [3.63, 3.8) is 0 Å². The Morgan fingerprint density at radius 1 is 1.00 bits per heavy atom. The number of hydrogen-bond donors (Lipinski definition) is 1. The number of unbranched alkanes of at least 4 members (excludes halogenated alkanes) is 1. The maximum absolute atomic E-state index is 12.6. The molecule has 0 rings (SSSR count). The first-order valence-corrected chi connectivity index (χ1v) is 10.1. The molecule has 0 unspecified atom stereocenters. The van der Waals surface area contributed by atoms with Gasteiger partial charge in [-0.3, -0.25) is 0 Å². The van der Waals surface area contributed by atoms with E-state index in [0.717, 1.165) is 32.2 Å². The topological polar surface area (TPSA) is 49.4 Å². The highest BCUT2D eigenvalue weighted by Crippen LogP contribution is 2.17. The van der Waals surface area contributed by atoms with Crippen LogP contribution in [0.3, 0.4) is 0 Å². The SMILES string of the molecule is CCC(CC)N(CC(C)C)S(=O)(=O)CCCCNC(C)C. The first-order chi connectivity index (χ1) is 9.74. The molecule has 0 aliphatic carbocycles. The van der Waals surface area contributed by atoms with E-state index in [2.05, 4.69) is 46.9 Å². The fraction of sp³-hybridized carbons (Fsp3) is 1.00.